The number of benzene rings is 2. The van der Waals surface area contributed by atoms with Crippen molar-refractivity contribution in [3.8, 4) is 57.0 Å². The van der Waals surface area contributed by atoms with E-state index in [1.807, 2.05) is 0 Å². The average molecular weight is 529 g/mol. The van der Waals surface area contributed by atoms with Gasteiger partial charge in [-0.1, -0.05) is 10.4 Å². The summed E-state index contributed by atoms with van der Waals surface area (Å²) in [4.78, 5) is 0. The Balaban J connectivity index is 2.18. The summed E-state index contributed by atoms with van der Waals surface area (Å²) in [5.74, 6) is 1.92. The summed E-state index contributed by atoms with van der Waals surface area (Å²) >= 11 is 0. The molecule has 0 bridgehead atoms. The molecular formula is C24H28N6O8. The summed E-state index contributed by atoms with van der Waals surface area (Å²) < 4.78 is 37.7. The Morgan fingerprint density at radius 3 is 1.21 bits per heavy atom. The van der Waals surface area contributed by atoms with Crippen molar-refractivity contribution in [3.63, 3.8) is 0 Å². The Morgan fingerprint density at radius 1 is 0.579 bits per heavy atom. The zero-order valence-corrected chi connectivity index (χ0v) is 21.8. The standard InChI is InChI=1S/C24H28N6O8/c1-33-17-7-15(29-9-13(11-31)25-27-29)21(35-3)19(23(17)37-5)20-22(36-4)16(8-18(34-2)24(20)38-6)30-10-14(12-32)26-28-30/h7-10,31-32H,11-12H2,1-6H3. The van der Waals surface area contributed by atoms with Crippen molar-refractivity contribution >= 4 is 0 Å². The summed E-state index contributed by atoms with van der Waals surface area (Å²) in [5, 5.41) is 35.2. The van der Waals surface area contributed by atoms with Gasteiger partial charge in [0.25, 0.3) is 0 Å². The molecule has 4 aromatic rings. The fourth-order valence-corrected chi connectivity index (χ4v) is 4.11. The van der Waals surface area contributed by atoms with E-state index >= 15 is 0 Å². The lowest BCUT2D eigenvalue weighted by atomic mass is 9.97. The van der Waals surface area contributed by atoms with E-state index in [9.17, 15) is 10.2 Å². The SMILES string of the molecule is COc1cc(-n2cc(CO)nn2)c(OC)c(-c2c(OC)c(OC)cc(-n3cc(CO)nn3)c2OC)c1OC. The highest BCUT2D eigenvalue weighted by Gasteiger charge is 2.32. The fourth-order valence-electron chi connectivity index (χ4n) is 4.11. The monoisotopic (exact) mass is 528 g/mol. The molecule has 38 heavy (non-hydrogen) atoms. The molecule has 2 heterocycles. The third-order valence-electron chi connectivity index (χ3n) is 5.76. The molecule has 14 heteroatoms. The van der Waals surface area contributed by atoms with E-state index in [4.69, 9.17) is 28.4 Å². The van der Waals surface area contributed by atoms with Crippen LogP contribution < -0.4 is 28.4 Å². The summed E-state index contributed by atoms with van der Waals surface area (Å²) in [6.07, 6.45) is 3.12. The molecule has 4 rings (SSSR count). The maximum absolute atomic E-state index is 9.52. The van der Waals surface area contributed by atoms with Crippen LogP contribution in [0.4, 0.5) is 0 Å². The molecule has 0 unspecified atom stereocenters. The molecule has 0 radical (unpaired) electrons. The van der Waals surface area contributed by atoms with Crippen molar-refractivity contribution in [2.24, 2.45) is 0 Å². The van der Waals surface area contributed by atoms with Crippen LogP contribution >= 0.6 is 0 Å². The van der Waals surface area contributed by atoms with Gasteiger partial charge in [-0.3, -0.25) is 0 Å². The second-order valence-corrected chi connectivity index (χ2v) is 7.70. The van der Waals surface area contributed by atoms with Gasteiger partial charge in [0.2, 0.25) is 0 Å². The zero-order valence-electron chi connectivity index (χ0n) is 21.8. The lowest BCUT2D eigenvalue weighted by Gasteiger charge is -2.24. The first kappa shape index (κ1) is 26.5. The van der Waals surface area contributed by atoms with E-state index in [0.29, 0.717) is 68.4 Å². The van der Waals surface area contributed by atoms with Crippen molar-refractivity contribution in [3.05, 3.63) is 35.9 Å². The smallest absolute Gasteiger partial charge is 0.172 e. The van der Waals surface area contributed by atoms with Crippen LogP contribution in [0.5, 0.6) is 34.5 Å². The van der Waals surface area contributed by atoms with Gasteiger partial charge < -0.3 is 38.6 Å². The molecule has 2 aromatic heterocycles. The highest BCUT2D eigenvalue weighted by atomic mass is 16.5. The highest BCUT2D eigenvalue weighted by molar-refractivity contribution is 5.93. The Hall–Kier alpha value is -4.56. The van der Waals surface area contributed by atoms with Gasteiger partial charge in [0, 0.05) is 12.1 Å². The van der Waals surface area contributed by atoms with Crippen molar-refractivity contribution in [1.82, 2.24) is 30.0 Å². The number of hydrogen-bond donors (Lipinski definition) is 2. The number of aliphatic hydroxyl groups excluding tert-OH is 2. The highest BCUT2D eigenvalue weighted by Crippen LogP contribution is 2.56. The van der Waals surface area contributed by atoms with Crippen LogP contribution in [0.1, 0.15) is 11.4 Å². The Morgan fingerprint density at radius 2 is 0.947 bits per heavy atom. The maximum atomic E-state index is 9.52. The van der Waals surface area contributed by atoms with E-state index in [0.717, 1.165) is 0 Å². The Labute approximate surface area is 217 Å². The summed E-state index contributed by atoms with van der Waals surface area (Å²) in [6.45, 7) is -0.589. The molecule has 2 N–H and O–H groups in total. The number of aromatic nitrogens is 6. The minimum Gasteiger partial charge on any atom is -0.494 e. The van der Waals surface area contributed by atoms with Gasteiger partial charge in [0.1, 0.15) is 22.8 Å². The van der Waals surface area contributed by atoms with Gasteiger partial charge in [-0.15, -0.1) is 10.2 Å². The molecule has 0 aliphatic carbocycles. The van der Waals surface area contributed by atoms with Crippen LogP contribution in [-0.4, -0.2) is 82.9 Å². The quantitative estimate of drug-likeness (QED) is 0.290. The summed E-state index contributed by atoms with van der Waals surface area (Å²) in [7, 11) is 8.95. The molecule has 0 saturated heterocycles. The van der Waals surface area contributed by atoms with Crippen molar-refractivity contribution in [1.29, 1.82) is 0 Å². The summed E-state index contributed by atoms with van der Waals surface area (Å²) in [5.41, 5.74) is 2.36. The van der Waals surface area contributed by atoms with E-state index in [-0.39, 0.29) is 13.2 Å². The molecule has 0 fully saturated rings. The number of aliphatic hydroxyl groups is 2. The van der Waals surface area contributed by atoms with Gasteiger partial charge in [0.15, 0.2) is 34.5 Å². The molecule has 2 aromatic carbocycles. The van der Waals surface area contributed by atoms with E-state index in [1.165, 1.54) is 52.0 Å². The van der Waals surface area contributed by atoms with E-state index in [2.05, 4.69) is 20.6 Å². The van der Waals surface area contributed by atoms with Gasteiger partial charge in [0.05, 0.1) is 79.4 Å². The number of ether oxygens (including phenoxy) is 6. The molecule has 0 aliphatic heterocycles. The second kappa shape index (κ2) is 11.2. The van der Waals surface area contributed by atoms with Crippen LogP contribution in [0.2, 0.25) is 0 Å². The Kier molecular flexibility index (Phi) is 7.83. The van der Waals surface area contributed by atoms with Crippen molar-refractivity contribution in [2.45, 2.75) is 13.2 Å². The fraction of sp³-hybridized carbons (Fsp3) is 0.333. The van der Waals surface area contributed by atoms with Crippen LogP contribution in [0, 0.1) is 0 Å². The van der Waals surface area contributed by atoms with Gasteiger partial charge in [-0.05, 0) is 0 Å². The number of methoxy groups -OCH3 is 6. The summed E-state index contributed by atoms with van der Waals surface area (Å²) in [6, 6.07) is 3.34. The zero-order chi connectivity index (χ0) is 27.4. The molecule has 202 valence electrons. The largest absolute Gasteiger partial charge is 0.494 e. The third-order valence-corrected chi connectivity index (χ3v) is 5.76. The molecule has 0 atom stereocenters. The van der Waals surface area contributed by atoms with Crippen LogP contribution in [0.3, 0.4) is 0 Å². The minimum absolute atomic E-state index is 0.295. The molecule has 0 aliphatic rings. The predicted octanol–water partition coefficient (Wildman–Crippen LogP) is 1.55. The van der Waals surface area contributed by atoms with Crippen LogP contribution in [-0.2, 0) is 13.2 Å². The van der Waals surface area contributed by atoms with E-state index in [1.54, 1.807) is 24.5 Å². The first-order chi connectivity index (χ1) is 18.5. The lowest BCUT2D eigenvalue weighted by molar-refractivity contribution is 0.276. The van der Waals surface area contributed by atoms with Crippen molar-refractivity contribution in [2.75, 3.05) is 42.7 Å². The van der Waals surface area contributed by atoms with Gasteiger partial charge >= 0.3 is 0 Å². The lowest BCUT2D eigenvalue weighted by Crippen LogP contribution is -2.08. The number of hydrogen-bond acceptors (Lipinski definition) is 12. The van der Waals surface area contributed by atoms with Crippen LogP contribution in [0.25, 0.3) is 22.5 Å². The molecule has 14 nitrogen and oxygen atoms in total. The molecule has 0 saturated carbocycles. The molecular weight excluding hydrogens is 500 g/mol. The average Bonchev–Trinajstić information content (AvgIpc) is 3.64. The van der Waals surface area contributed by atoms with Gasteiger partial charge in [-0.2, -0.15) is 0 Å². The normalized spacial score (nSPS) is 10.8. The van der Waals surface area contributed by atoms with Crippen molar-refractivity contribution < 1.29 is 38.6 Å². The number of rotatable bonds is 11. The van der Waals surface area contributed by atoms with E-state index < -0.39 is 0 Å². The molecule has 0 amide bonds. The first-order valence-electron chi connectivity index (χ1n) is 11.2. The number of nitrogens with zero attached hydrogens (tertiary/aromatic N) is 6. The first-order valence-corrected chi connectivity index (χ1v) is 11.2. The minimum atomic E-state index is -0.295. The second-order valence-electron chi connectivity index (χ2n) is 7.70. The topological polar surface area (TPSA) is 157 Å². The molecule has 0 spiro atoms. The Bertz CT molecular complexity index is 1330. The third kappa shape index (κ3) is 4.39. The predicted molar refractivity (Wildman–Crippen MR) is 133 cm³/mol. The van der Waals surface area contributed by atoms with Crippen LogP contribution in [0.15, 0.2) is 24.5 Å². The maximum Gasteiger partial charge on any atom is 0.172 e. The van der Waals surface area contributed by atoms with Gasteiger partial charge in [-0.25, -0.2) is 9.36 Å².